The van der Waals surface area contributed by atoms with E-state index >= 15 is 4.39 Å². The minimum atomic E-state index is -4.81. The highest BCUT2D eigenvalue weighted by Gasteiger charge is 2.41. The fourth-order valence-corrected chi connectivity index (χ4v) is 10.5. The number of nitro benzene ring substituents is 1. The number of hydrogen-bond acceptors (Lipinski definition) is 11. The molecule has 0 bridgehead atoms. The van der Waals surface area contributed by atoms with Crippen LogP contribution in [0.1, 0.15) is 67.3 Å². The zero-order valence-corrected chi connectivity index (χ0v) is 36.3. The van der Waals surface area contributed by atoms with E-state index in [1.807, 2.05) is 22.9 Å². The van der Waals surface area contributed by atoms with E-state index in [0.29, 0.717) is 62.0 Å². The van der Waals surface area contributed by atoms with Gasteiger partial charge in [0.15, 0.2) is 5.82 Å². The summed E-state index contributed by atoms with van der Waals surface area (Å²) in [6.45, 7) is 5.22. The maximum absolute atomic E-state index is 15.5. The summed E-state index contributed by atoms with van der Waals surface area (Å²) in [5.41, 5.74) is 4.74. The Kier molecular flexibility index (Phi) is 12.1. The second kappa shape index (κ2) is 17.9. The Morgan fingerprint density at radius 2 is 1.81 bits per heavy atom. The van der Waals surface area contributed by atoms with Crippen LogP contribution in [-0.2, 0) is 14.8 Å². The van der Waals surface area contributed by atoms with Crippen molar-refractivity contribution in [1.82, 2.24) is 19.6 Å². The van der Waals surface area contributed by atoms with Crippen LogP contribution in [0.25, 0.3) is 16.6 Å². The van der Waals surface area contributed by atoms with Gasteiger partial charge in [0.05, 0.1) is 21.6 Å². The lowest BCUT2D eigenvalue weighted by atomic mass is 9.59. The quantitative estimate of drug-likeness (QED) is 0.0761. The number of ether oxygens (including phenoxy) is 2. The molecule has 3 fully saturated rings. The minimum absolute atomic E-state index is 0.0639. The Morgan fingerprint density at radius 1 is 1.03 bits per heavy atom. The van der Waals surface area contributed by atoms with Gasteiger partial charge in [-0.05, 0) is 110 Å². The van der Waals surface area contributed by atoms with Crippen LogP contribution in [0.15, 0.2) is 89.6 Å². The van der Waals surface area contributed by atoms with E-state index in [2.05, 4.69) is 37.2 Å². The summed E-state index contributed by atoms with van der Waals surface area (Å²) in [6, 6.07) is 18.1. The first kappa shape index (κ1) is 42.7. The molecule has 1 spiro atoms. The number of anilines is 2. The summed E-state index contributed by atoms with van der Waals surface area (Å²) in [6.07, 6.45) is 12.0. The number of amides is 1. The van der Waals surface area contributed by atoms with Gasteiger partial charge < -0.3 is 24.7 Å². The van der Waals surface area contributed by atoms with E-state index in [-0.39, 0.29) is 23.8 Å². The average Bonchev–Trinajstić information content (AvgIpc) is 3.74. The van der Waals surface area contributed by atoms with Crippen LogP contribution in [-0.4, -0.2) is 86.6 Å². The molecule has 1 saturated carbocycles. The van der Waals surface area contributed by atoms with Crippen molar-refractivity contribution in [2.24, 2.45) is 11.3 Å². The van der Waals surface area contributed by atoms with E-state index < -0.39 is 42.9 Å². The maximum atomic E-state index is 15.5. The summed E-state index contributed by atoms with van der Waals surface area (Å²) in [4.78, 5) is 36.5. The standard InChI is InChI=1S/C46H49ClFN7O7S/c47-34-4-2-31(3-5-34)39-26-46(12-1-13-46)14-8-33(39)29-53-16-18-54(19-17-53)35-6-7-38(42(23-35)62-36-22-32-9-15-49-44(32)51-28-36)45(56)52-63(59,60)37-24-40(48)43(41(25-37)55(57)58)50-27-30-10-20-61-21-11-30/h2-7,9,15,22-25,28,30,50H,1,8,10-14,16-21,26-27,29H2,(H,49,51)(H,52,56). The molecule has 0 unspecified atom stereocenters. The Bertz CT molecular complexity index is 2670. The molecular formula is C46H49ClFN7O7S. The van der Waals surface area contributed by atoms with E-state index in [4.69, 9.17) is 21.1 Å². The number of rotatable bonds is 13. The minimum Gasteiger partial charge on any atom is -0.455 e. The lowest BCUT2D eigenvalue weighted by Crippen LogP contribution is -2.47. The molecule has 5 aromatic rings. The molecule has 2 aromatic heterocycles. The zero-order valence-electron chi connectivity index (χ0n) is 34.7. The predicted octanol–water partition coefficient (Wildman–Crippen LogP) is 8.94. The van der Waals surface area contributed by atoms with Crippen LogP contribution in [0.2, 0.25) is 5.02 Å². The van der Waals surface area contributed by atoms with E-state index in [1.165, 1.54) is 54.7 Å². The predicted molar refractivity (Wildman–Crippen MR) is 240 cm³/mol. The van der Waals surface area contributed by atoms with Crippen LogP contribution in [0.5, 0.6) is 11.5 Å². The lowest BCUT2D eigenvalue weighted by molar-refractivity contribution is -0.384. The molecule has 330 valence electrons. The fourth-order valence-electron chi connectivity index (χ4n) is 9.38. The molecule has 2 aliphatic carbocycles. The number of nitrogens with zero attached hydrogens (tertiary/aromatic N) is 4. The molecular weight excluding hydrogens is 849 g/mol. The molecule has 4 heterocycles. The second-order valence-corrected chi connectivity index (χ2v) is 19.3. The molecule has 2 aliphatic heterocycles. The first-order valence-electron chi connectivity index (χ1n) is 21.5. The third-order valence-corrected chi connectivity index (χ3v) is 14.8. The molecule has 0 atom stereocenters. The molecule has 9 rings (SSSR count). The van der Waals surface area contributed by atoms with Crippen LogP contribution < -0.4 is 19.7 Å². The van der Waals surface area contributed by atoms with Crippen molar-refractivity contribution >= 4 is 61.2 Å². The van der Waals surface area contributed by atoms with Gasteiger partial charge in [-0.25, -0.2) is 22.5 Å². The molecule has 14 nitrogen and oxygen atoms in total. The number of pyridine rings is 1. The third kappa shape index (κ3) is 9.40. The Hall–Kier alpha value is -5.55. The number of piperazine rings is 1. The van der Waals surface area contributed by atoms with Crippen molar-refractivity contribution < 1.29 is 32.0 Å². The number of benzene rings is 3. The highest BCUT2D eigenvalue weighted by atomic mass is 35.5. The number of sulfonamides is 1. The lowest BCUT2D eigenvalue weighted by Gasteiger charge is -2.47. The molecule has 2 saturated heterocycles. The van der Waals surface area contributed by atoms with Gasteiger partial charge in [-0.1, -0.05) is 35.7 Å². The van der Waals surface area contributed by atoms with Gasteiger partial charge in [-0.2, -0.15) is 0 Å². The number of carbonyl (C=O) groups excluding carboxylic acids is 1. The van der Waals surface area contributed by atoms with Crippen LogP contribution in [0.4, 0.5) is 21.5 Å². The largest absolute Gasteiger partial charge is 0.455 e. The van der Waals surface area contributed by atoms with Crippen molar-refractivity contribution in [1.29, 1.82) is 0 Å². The topological polar surface area (TPSA) is 172 Å². The Labute approximate surface area is 370 Å². The molecule has 1 amide bonds. The first-order valence-corrected chi connectivity index (χ1v) is 23.3. The molecule has 63 heavy (non-hydrogen) atoms. The number of H-pyrrole nitrogens is 1. The number of nitro groups is 1. The highest BCUT2D eigenvalue weighted by molar-refractivity contribution is 7.90. The van der Waals surface area contributed by atoms with E-state index in [0.717, 1.165) is 54.6 Å². The monoisotopic (exact) mass is 897 g/mol. The number of halogens is 2. The van der Waals surface area contributed by atoms with Gasteiger partial charge in [0.25, 0.3) is 21.6 Å². The summed E-state index contributed by atoms with van der Waals surface area (Å²) < 4.78 is 56.5. The highest BCUT2D eigenvalue weighted by Crippen LogP contribution is 2.55. The smallest absolute Gasteiger partial charge is 0.296 e. The first-order chi connectivity index (χ1) is 30.4. The van der Waals surface area contributed by atoms with Crippen molar-refractivity contribution in [2.75, 3.05) is 62.7 Å². The van der Waals surface area contributed by atoms with Gasteiger partial charge in [0.1, 0.15) is 22.8 Å². The Balaban J connectivity index is 0.936. The second-order valence-electron chi connectivity index (χ2n) is 17.2. The third-order valence-electron chi connectivity index (χ3n) is 13.2. The Morgan fingerprint density at radius 3 is 2.54 bits per heavy atom. The van der Waals surface area contributed by atoms with E-state index in [1.54, 1.807) is 24.4 Å². The molecule has 4 aliphatic rings. The number of aromatic nitrogens is 2. The van der Waals surface area contributed by atoms with Gasteiger partial charge in [0.2, 0.25) is 0 Å². The van der Waals surface area contributed by atoms with Crippen LogP contribution >= 0.6 is 11.6 Å². The van der Waals surface area contributed by atoms with Crippen molar-refractivity contribution in [2.45, 2.75) is 56.3 Å². The number of hydrogen-bond donors (Lipinski definition) is 3. The summed E-state index contributed by atoms with van der Waals surface area (Å²) >= 11 is 6.27. The zero-order chi connectivity index (χ0) is 43.7. The van der Waals surface area contributed by atoms with Gasteiger partial charge in [-0.15, -0.1) is 0 Å². The van der Waals surface area contributed by atoms with Gasteiger partial charge in [0, 0.05) is 86.9 Å². The normalized spacial score (nSPS) is 18.3. The summed E-state index contributed by atoms with van der Waals surface area (Å²) in [5.74, 6) is -1.72. The number of aromatic amines is 1. The molecule has 17 heteroatoms. The van der Waals surface area contributed by atoms with Crippen LogP contribution in [0, 0.1) is 27.3 Å². The molecule has 0 radical (unpaired) electrons. The number of fused-ring (bicyclic) bond motifs is 1. The summed E-state index contributed by atoms with van der Waals surface area (Å²) in [5, 5.41) is 16.4. The van der Waals surface area contributed by atoms with Crippen molar-refractivity contribution in [3.63, 3.8) is 0 Å². The van der Waals surface area contributed by atoms with Gasteiger partial charge >= 0.3 is 0 Å². The maximum Gasteiger partial charge on any atom is 0.296 e. The average molecular weight is 898 g/mol. The summed E-state index contributed by atoms with van der Waals surface area (Å²) in [7, 11) is -4.81. The molecule has 3 aromatic carbocycles. The molecule has 3 N–H and O–H groups in total. The number of nitrogens with one attached hydrogen (secondary N) is 3. The van der Waals surface area contributed by atoms with Crippen LogP contribution in [0.3, 0.4) is 0 Å². The number of allylic oxidation sites excluding steroid dienone is 1. The number of carbonyl (C=O) groups is 1. The van der Waals surface area contributed by atoms with E-state index in [9.17, 15) is 23.3 Å². The van der Waals surface area contributed by atoms with Crippen molar-refractivity contribution in [3.8, 4) is 11.5 Å². The SMILES string of the molecule is O=C(NS(=O)(=O)c1cc(F)c(NCC2CCOCC2)c([N+](=O)[O-])c1)c1ccc(N2CCN(CC3=C(c4ccc(Cl)cc4)CC4(CCC4)CC3)CC2)cc1Oc1cnc2[nH]ccc2c1. The van der Waals surface area contributed by atoms with Gasteiger partial charge in [-0.3, -0.25) is 19.8 Å². The van der Waals surface area contributed by atoms with Crippen molar-refractivity contribution in [3.05, 3.63) is 117 Å². The fraction of sp³-hybridized carbons (Fsp3) is 0.391.